The van der Waals surface area contributed by atoms with Crippen LogP contribution in [0.25, 0.3) is 0 Å². The quantitative estimate of drug-likeness (QED) is 0.889. The number of ether oxygens (including phenoxy) is 1. The molecule has 0 fully saturated rings. The Labute approximate surface area is 107 Å². The molecule has 0 saturated heterocycles. The Balaban J connectivity index is 2.83. The molecule has 0 saturated carbocycles. The van der Waals surface area contributed by atoms with Gasteiger partial charge in [0.15, 0.2) is 17.7 Å². The SMILES string of the molecule is CC(Oc1ccc([C@@H](C)N)cc1F)C(=O)N(C)C. The third-order valence-electron chi connectivity index (χ3n) is 2.57. The van der Waals surface area contributed by atoms with Crippen LogP contribution in [0.5, 0.6) is 5.75 Å². The minimum Gasteiger partial charge on any atom is -0.478 e. The predicted octanol–water partition coefficient (Wildman–Crippen LogP) is 1.70. The highest BCUT2D eigenvalue weighted by Crippen LogP contribution is 2.22. The van der Waals surface area contributed by atoms with Gasteiger partial charge >= 0.3 is 0 Å². The van der Waals surface area contributed by atoms with Gasteiger partial charge in [0.1, 0.15) is 0 Å². The summed E-state index contributed by atoms with van der Waals surface area (Å²) in [4.78, 5) is 13.0. The second-order valence-electron chi connectivity index (χ2n) is 4.47. The molecule has 0 heterocycles. The van der Waals surface area contributed by atoms with E-state index >= 15 is 0 Å². The molecule has 0 aliphatic carbocycles. The summed E-state index contributed by atoms with van der Waals surface area (Å²) in [7, 11) is 3.25. The molecule has 2 atom stereocenters. The second-order valence-corrected chi connectivity index (χ2v) is 4.47. The standard InChI is InChI=1S/C13H19FN2O2/c1-8(15)10-5-6-12(11(14)7-10)18-9(2)13(17)16(3)4/h5-9H,15H2,1-4H3/t8-,9?/m1/s1. The molecule has 0 bridgehead atoms. The first-order chi connectivity index (χ1) is 8.32. The van der Waals surface area contributed by atoms with Crippen LogP contribution in [-0.2, 0) is 4.79 Å². The van der Waals surface area contributed by atoms with E-state index < -0.39 is 11.9 Å². The van der Waals surface area contributed by atoms with Crippen LogP contribution in [-0.4, -0.2) is 31.0 Å². The molecule has 2 N–H and O–H groups in total. The Morgan fingerprint density at radius 3 is 2.44 bits per heavy atom. The fourth-order valence-electron chi connectivity index (χ4n) is 1.50. The Bertz CT molecular complexity index is 433. The Morgan fingerprint density at radius 2 is 2.00 bits per heavy atom. The minimum atomic E-state index is -0.726. The monoisotopic (exact) mass is 254 g/mol. The molecule has 100 valence electrons. The number of hydrogen-bond donors (Lipinski definition) is 1. The number of amides is 1. The van der Waals surface area contributed by atoms with Crippen molar-refractivity contribution in [2.45, 2.75) is 26.0 Å². The van der Waals surface area contributed by atoms with E-state index in [9.17, 15) is 9.18 Å². The lowest BCUT2D eigenvalue weighted by molar-refractivity contribution is -0.135. The lowest BCUT2D eigenvalue weighted by Gasteiger charge is -2.19. The molecule has 1 rings (SSSR count). The Kier molecular flexibility index (Phi) is 4.67. The molecule has 1 unspecified atom stereocenters. The topological polar surface area (TPSA) is 55.6 Å². The van der Waals surface area contributed by atoms with Crippen molar-refractivity contribution in [2.75, 3.05) is 14.1 Å². The number of rotatable bonds is 4. The van der Waals surface area contributed by atoms with Gasteiger partial charge in [-0.15, -0.1) is 0 Å². The zero-order valence-corrected chi connectivity index (χ0v) is 11.1. The fourth-order valence-corrected chi connectivity index (χ4v) is 1.50. The van der Waals surface area contributed by atoms with Crippen LogP contribution in [0.2, 0.25) is 0 Å². The number of nitrogens with two attached hydrogens (primary N) is 1. The average Bonchev–Trinajstić information content (AvgIpc) is 2.30. The van der Waals surface area contributed by atoms with Crippen molar-refractivity contribution in [3.05, 3.63) is 29.6 Å². The van der Waals surface area contributed by atoms with Crippen LogP contribution in [0, 0.1) is 5.82 Å². The van der Waals surface area contributed by atoms with E-state index in [1.807, 2.05) is 0 Å². The van der Waals surface area contributed by atoms with Gasteiger partial charge in [-0.2, -0.15) is 0 Å². The first kappa shape index (κ1) is 14.4. The van der Waals surface area contributed by atoms with Crippen LogP contribution in [0.4, 0.5) is 4.39 Å². The highest BCUT2D eigenvalue weighted by atomic mass is 19.1. The summed E-state index contributed by atoms with van der Waals surface area (Å²) in [6, 6.07) is 4.27. The van der Waals surface area contributed by atoms with Gasteiger partial charge in [-0.1, -0.05) is 6.07 Å². The Morgan fingerprint density at radius 1 is 1.39 bits per heavy atom. The summed E-state index contributed by atoms with van der Waals surface area (Å²) in [5.41, 5.74) is 6.34. The first-order valence-electron chi connectivity index (χ1n) is 5.75. The van der Waals surface area contributed by atoms with Crippen molar-refractivity contribution < 1.29 is 13.9 Å². The molecule has 1 aromatic carbocycles. The van der Waals surface area contributed by atoms with Gasteiger partial charge in [-0.3, -0.25) is 4.79 Å². The number of hydrogen-bond acceptors (Lipinski definition) is 3. The molecular weight excluding hydrogens is 235 g/mol. The normalized spacial score (nSPS) is 13.9. The highest BCUT2D eigenvalue weighted by molar-refractivity contribution is 5.80. The molecule has 1 amide bonds. The predicted molar refractivity (Wildman–Crippen MR) is 67.8 cm³/mol. The maximum atomic E-state index is 13.7. The van der Waals surface area contributed by atoms with Crippen LogP contribution < -0.4 is 10.5 Å². The van der Waals surface area contributed by atoms with E-state index in [4.69, 9.17) is 10.5 Å². The number of likely N-dealkylation sites (N-methyl/N-ethyl adjacent to an activating group) is 1. The molecule has 0 aromatic heterocycles. The minimum absolute atomic E-state index is 0.0575. The van der Waals surface area contributed by atoms with Crippen LogP contribution in [0.15, 0.2) is 18.2 Å². The molecule has 5 heteroatoms. The molecule has 0 aliphatic rings. The highest BCUT2D eigenvalue weighted by Gasteiger charge is 2.18. The van der Waals surface area contributed by atoms with Gasteiger partial charge in [-0.05, 0) is 31.5 Å². The summed E-state index contributed by atoms with van der Waals surface area (Å²) in [5.74, 6) is -0.670. The van der Waals surface area contributed by atoms with Crippen molar-refractivity contribution in [1.29, 1.82) is 0 Å². The van der Waals surface area contributed by atoms with Gasteiger partial charge in [0, 0.05) is 20.1 Å². The summed E-state index contributed by atoms with van der Waals surface area (Å²) in [6.45, 7) is 3.36. The number of nitrogens with zero attached hydrogens (tertiary/aromatic N) is 1. The molecule has 0 aliphatic heterocycles. The number of benzene rings is 1. The maximum Gasteiger partial charge on any atom is 0.262 e. The van der Waals surface area contributed by atoms with E-state index in [1.165, 1.54) is 17.0 Å². The van der Waals surface area contributed by atoms with Crippen LogP contribution in [0.3, 0.4) is 0 Å². The molecule has 18 heavy (non-hydrogen) atoms. The molecule has 4 nitrogen and oxygen atoms in total. The van der Waals surface area contributed by atoms with E-state index in [-0.39, 0.29) is 17.7 Å². The molecule has 1 aromatic rings. The summed E-state index contributed by atoms with van der Waals surface area (Å²) < 4.78 is 19.0. The van der Waals surface area contributed by atoms with Crippen LogP contribution in [0.1, 0.15) is 25.5 Å². The second kappa shape index (κ2) is 5.82. The first-order valence-corrected chi connectivity index (χ1v) is 5.75. The number of carbonyl (C=O) groups excluding carboxylic acids is 1. The van der Waals surface area contributed by atoms with Crippen LogP contribution >= 0.6 is 0 Å². The van der Waals surface area contributed by atoms with Gasteiger partial charge < -0.3 is 15.4 Å². The fraction of sp³-hybridized carbons (Fsp3) is 0.462. The smallest absolute Gasteiger partial charge is 0.262 e. The molecule has 0 radical (unpaired) electrons. The van der Waals surface area contributed by atoms with E-state index in [0.717, 1.165) is 0 Å². The van der Waals surface area contributed by atoms with E-state index in [2.05, 4.69) is 0 Å². The summed E-state index contributed by atoms with van der Waals surface area (Å²) in [6.07, 6.45) is -0.726. The average molecular weight is 254 g/mol. The largest absolute Gasteiger partial charge is 0.478 e. The van der Waals surface area contributed by atoms with Gasteiger partial charge in [-0.25, -0.2) is 4.39 Å². The third kappa shape index (κ3) is 3.43. The van der Waals surface area contributed by atoms with Crippen molar-refractivity contribution >= 4 is 5.91 Å². The Hall–Kier alpha value is -1.62. The van der Waals surface area contributed by atoms with E-state index in [0.29, 0.717) is 5.56 Å². The molecular formula is C13H19FN2O2. The maximum absolute atomic E-state index is 13.7. The lowest BCUT2D eigenvalue weighted by Crippen LogP contribution is -2.35. The zero-order chi connectivity index (χ0) is 13.9. The lowest BCUT2D eigenvalue weighted by atomic mass is 10.1. The van der Waals surface area contributed by atoms with E-state index in [1.54, 1.807) is 34.0 Å². The number of halogens is 1. The van der Waals surface area contributed by atoms with Gasteiger partial charge in [0.25, 0.3) is 5.91 Å². The van der Waals surface area contributed by atoms with Crippen molar-refractivity contribution in [2.24, 2.45) is 5.73 Å². The van der Waals surface area contributed by atoms with Crippen molar-refractivity contribution in [3.63, 3.8) is 0 Å². The third-order valence-corrected chi connectivity index (χ3v) is 2.57. The van der Waals surface area contributed by atoms with Gasteiger partial charge in [0.05, 0.1) is 0 Å². The summed E-state index contributed by atoms with van der Waals surface area (Å²) >= 11 is 0. The van der Waals surface area contributed by atoms with Crippen molar-refractivity contribution in [3.8, 4) is 5.75 Å². The summed E-state index contributed by atoms with van der Waals surface area (Å²) in [5, 5.41) is 0. The number of carbonyl (C=O) groups is 1. The van der Waals surface area contributed by atoms with Gasteiger partial charge in [0.2, 0.25) is 0 Å². The molecule has 0 spiro atoms. The van der Waals surface area contributed by atoms with Crippen molar-refractivity contribution in [1.82, 2.24) is 4.90 Å². The zero-order valence-electron chi connectivity index (χ0n) is 11.1.